The number of piperidine rings is 1. The zero-order valence-corrected chi connectivity index (χ0v) is 14.0. The number of amides is 1. The highest BCUT2D eigenvalue weighted by molar-refractivity contribution is 5.82. The molecule has 1 fully saturated rings. The van der Waals surface area contributed by atoms with E-state index < -0.39 is 12.1 Å². The number of esters is 1. The molecule has 1 aliphatic heterocycles. The number of likely N-dealkylation sites (tertiary alicyclic amines) is 1. The van der Waals surface area contributed by atoms with E-state index in [9.17, 15) is 9.59 Å². The van der Waals surface area contributed by atoms with Crippen molar-refractivity contribution in [1.29, 1.82) is 5.26 Å². The van der Waals surface area contributed by atoms with Crippen LogP contribution in [0.4, 0.5) is 0 Å². The molecule has 1 aromatic rings. The lowest BCUT2D eigenvalue weighted by Gasteiger charge is -2.30. The number of carbonyl (C=O) groups is 2. The molecule has 0 aromatic heterocycles. The molecule has 6 heteroatoms. The molecule has 1 aliphatic rings. The van der Waals surface area contributed by atoms with Crippen LogP contribution < -0.4 is 4.74 Å². The van der Waals surface area contributed by atoms with E-state index in [1.807, 2.05) is 6.07 Å². The summed E-state index contributed by atoms with van der Waals surface area (Å²) in [6.07, 6.45) is 1.28. The third-order valence-corrected chi connectivity index (χ3v) is 3.98. The van der Waals surface area contributed by atoms with Crippen LogP contribution in [0.5, 0.6) is 5.75 Å². The van der Waals surface area contributed by atoms with E-state index in [-0.39, 0.29) is 12.5 Å². The number of carbonyl (C=O) groups excluding carboxylic acids is 2. The molecule has 0 bridgehead atoms. The molecule has 0 N–H and O–H groups in total. The van der Waals surface area contributed by atoms with Crippen LogP contribution in [0.1, 0.15) is 32.3 Å². The van der Waals surface area contributed by atoms with Gasteiger partial charge in [0.2, 0.25) is 0 Å². The van der Waals surface area contributed by atoms with Crippen LogP contribution in [0.25, 0.3) is 0 Å². The van der Waals surface area contributed by atoms with Crippen molar-refractivity contribution in [2.24, 2.45) is 5.92 Å². The van der Waals surface area contributed by atoms with E-state index in [1.165, 1.54) is 0 Å². The molecular formula is C18H22N2O4. The lowest BCUT2D eigenvalue weighted by atomic mass is 10.0. The number of hydrogen-bond acceptors (Lipinski definition) is 5. The second-order valence-electron chi connectivity index (χ2n) is 6.09. The monoisotopic (exact) mass is 330 g/mol. The van der Waals surface area contributed by atoms with Gasteiger partial charge in [-0.3, -0.25) is 4.79 Å². The van der Waals surface area contributed by atoms with Gasteiger partial charge in [-0.05, 0) is 49.9 Å². The van der Waals surface area contributed by atoms with Crippen LogP contribution in [-0.4, -0.2) is 42.6 Å². The maximum Gasteiger partial charge on any atom is 0.347 e. The molecule has 1 saturated heterocycles. The molecule has 1 amide bonds. The summed E-state index contributed by atoms with van der Waals surface area (Å²) < 4.78 is 10.5. The molecule has 1 aromatic carbocycles. The average Bonchev–Trinajstić information content (AvgIpc) is 2.60. The zero-order chi connectivity index (χ0) is 17.5. The second kappa shape index (κ2) is 8.34. The van der Waals surface area contributed by atoms with Crippen molar-refractivity contribution in [2.75, 3.05) is 19.7 Å². The normalized spacial score (nSPS) is 18.4. The number of hydrogen-bond donors (Lipinski definition) is 0. The Morgan fingerprint density at radius 3 is 2.71 bits per heavy atom. The van der Waals surface area contributed by atoms with Crippen LogP contribution in [0.15, 0.2) is 24.3 Å². The minimum Gasteiger partial charge on any atom is -0.479 e. The molecule has 24 heavy (non-hydrogen) atoms. The smallest absolute Gasteiger partial charge is 0.347 e. The lowest BCUT2D eigenvalue weighted by molar-refractivity contribution is -0.157. The maximum atomic E-state index is 12.1. The topological polar surface area (TPSA) is 79.6 Å². The first kappa shape index (κ1) is 17.8. The molecule has 0 radical (unpaired) electrons. The average molecular weight is 330 g/mol. The van der Waals surface area contributed by atoms with Crippen LogP contribution in [0.3, 0.4) is 0 Å². The Labute approximate surface area is 142 Å². The molecule has 2 rings (SSSR count). The fraction of sp³-hybridized carbons (Fsp3) is 0.500. The number of nitrogens with zero attached hydrogens (tertiary/aromatic N) is 2. The Morgan fingerprint density at radius 2 is 2.08 bits per heavy atom. The predicted octanol–water partition coefficient (Wildman–Crippen LogP) is 2.13. The molecule has 2 atom stereocenters. The van der Waals surface area contributed by atoms with Gasteiger partial charge < -0.3 is 14.4 Å². The predicted molar refractivity (Wildman–Crippen MR) is 87.2 cm³/mol. The van der Waals surface area contributed by atoms with E-state index in [2.05, 4.69) is 6.92 Å². The van der Waals surface area contributed by atoms with Crippen molar-refractivity contribution in [1.82, 2.24) is 4.90 Å². The standard InChI is InChI=1S/C18H22N2O4/c1-13-4-3-9-20(11-13)17(21)12-23-18(22)14(2)24-16-7-5-15(10-19)6-8-16/h5-8,13-14H,3-4,9,11-12H2,1-2H3/t13-,14+/m0/s1. The molecule has 6 nitrogen and oxygen atoms in total. The summed E-state index contributed by atoms with van der Waals surface area (Å²) in [6.45, 7) is 4.85. The summed E-state index contributed by atoms with van der Waals surface area (Å²) in [7, 11) is 0. The van der Waals surface area contributed by atoms with Gasteiger partial charge in [0.05, 0.1) is 11.6 Å². The third-order valence-electron chi connectivity index (χ3n) is 3.98. The molecule has 0 spiro atoms. The van der Waals surface area contributed by atoms with Crippen LogP contribution in [0, 0.1) is 17.2 Å². The van der Waals surface area contributed by atoms with Crippen molar-refractivity contribution in [2.45, 2.75) is 32.8 Å². The van der Waals surface area contributed by atoms with Gasteiger partial charge in [-0.1, -0.05) is 6.92 Å². The van der Waals surface area contributed by atoms with Crippen LogP contribution >= 0.6 is 0 Å². The van der Waals surface area contributed by atoms with E-state index in [4.69, 9.17) is 14.7 Å². The number of ether oxygens (including phenoxy) is 2. The van der Waals surface area contributed by atoms with Gasteiger partial charge in [-0.2, -0.15) is 5.26 Å². The third kappa shape index (κ3) is 4.98. The Morgan fingerprint density at radius 1 is 1.38 bits per heavy atom. The van der Waals surface area contributed by atoms with Crippen LogP contribution in [-0.2, 0) is 14.3 Å². The van der Waals surface area contributed by atoms with Gasteiger partial charge in [-0.25, -0.2) is 4.79 Å². The lowest BCUT2D eigenvalue weighted by Crippen LogP contribution is -2.42. The summed E-state index contributed by atoms with van der Waals surface area (Å²) in [6, 6.07) is 8.45. The molecule has 0 unspecified atom stereocenters. The summed E-state index contributed by atoms with van der Waals surface area (Å²) in [4.78, 5) is 25.8. The SMILES string of the molecule is C[C@H]1CCCN(C(=O)COC(=O)[C@@H](C)Oc2ccc(C#N)cc2)C1. The largest absolute Gasteiger partial charge is 0.479 e. The Balaban J connectivity index is 1.78. The molecular weight excluding hydrogens is 308 g/mol. The summed E-state index contributed by atoms with van der Waals surface area (Å²) in [5.41, 5.74) is 0.513. The van der Waals surface area contributed by atoms with Crippen molar-refractivity contribution in [3.05, 3.63) is 29.8 Å². The van der Waals surface area contributed by atoms with E-state index in [0.717, 1.165) is 19.4 Å². The van der Waals surface area contributed by atoms with Crippen LogP contribution in [0.2, 0.25) is 0 Å². The van der Waals surface area contributed by atoms with Crippen molar-refractivity contribution in [3.8, 4) is 11.8 Å². The van der Waals surface area contributed by atoms with Gasteiger partial charge in [0, 0.05) is 13.1 Å². The summed E-state index contributed by atoms with van der Waals surface area (Å²) in [5, 5.41) is 8.74. The Hall–Kier alpha value is -2.55. The first-order valence-corrected chi connectivity index (χ1v) is 8.11. The first-order valence-electron chi connectivity index (χ1n) is 8.11. The van der Waals surface area contributed by atoms with E-state index >= 15 is 0 Å². The fourth-order valence-electron chi connectivity index (χ4n) is 2.62. The number of benzene rings is 1. The van der Waals surface area contributed by atoms with Gasteiger partial charge in [-0.15, -0.1) is 0 Å². The Kier molecular flexibility index (Phi) is 6.19. The summed E-state index contributed by atoms with van der Waals surface area (Å²) in [5.74, 6) is 0.199. The number of nitriles is 1. The number of rotatable bonds is 5. The van der Waals surface area contributed by atoms with Gasteiger partial charge >= 0.3 is 5.97 Å². The van der Waals surface area contributed by atoms with E-state index in [1.54, 1.807) is 36.1 Å². The quantitative estimate of drug-likeness (QED) is 0.773. The highest BCUT2D eigenvalue weighted by Crippen LogP contribution is 2.16. The first-order chi connectivity index (χ1) is 11.5. The molecule has 0 saturated carbocycles. The minimum atomic E-state index is -0.828. The minimum absolute atomic E-state index is 0.166. The highest BCUT2D eigenvalue weighted by atomic mass is 16.6. The summed E-state index contributed by atoms with van der Waals surface area (Å²) >= 11 is 0. The fourth-order valence-corrected chi connectivity index (χ4v) is 2.62. The van der Waals surface area contributed by atoms with Gasteiger partial charge in [0.1, 0.15) is 5.75 Å². The maximum absolute atomic E-state index is 12.1. The Bertz CT molecular complexity index is 621. The second-order valence-corrected chi connectivity index (χ2v) is 6.09. The molecule has 1 heterocycles. The van der Waals surface area contributed by atoms with Gasteiger partial charge in [0.25, 0.3) is 5.91 Å². The molecule has 0 aliphatic carbocycles. The molecule has 128 valence electrons. The van der Waals surface area contributed by atoms with Crippen molar-refractivity contribution in [3.63, 3.8) is 0 Å². The van der Waals surface area contributed by atoms with Crippen molar-refractivity contribution >= 4 is 11.9 Å². The van der Waals surface area contributed by atoms with Crippen molar-refractivity contribution < 1.29 is 19.1 Å². The highest BCUT2D eigenvalue weighted by Gasteiger charge is 2.23. The van der Waals surface area contributed by atoms with Gasteiger partial charge in [0.15, 0.2) is 12.7 Å². The zero-order valence-electron chi connectivity index (χ0n) is 14.0. The van der Waals surface area contributed by atoms with E-state index in [0.29, 0.717) is 23.8 Å².